The molecule has 2 unspecified atom stereocenters. The van der Waals surface area contributed by atoms with E-state index in [2.05, 4.69) is 10.6 Å². The molecule has 1 aliphatic carbocycles. The first-order valence-electron chi connectivity index (χ1n) is 8.19. The van der Waals surface area contributed by atoms with Crippen LogP contribution in [0, 0.1) is 5.92 Å². The molecule has 2 atom stereocenters. The van der Waals surface area contributed by atoms with E-state index in [0.717, 1.165) is 25.7 Å². The molecule has 0 spiro atoms. The Hall–Kier alpha value is -1.31. The topological polar surface area (TPSA) is 61.4 Å². The van der Waals surface area contributed by atoms with E-state index in [-0.39, 0.29) is 19.0 Å². The van der Waals surface area contributed by atoms with Crippen LogP contribution in [0.1, 0.15) is 45.4 Å². The van der Waals surface area contributed by atoms with Crippen LogP contribution in [0.4, 0.5) is 18.0 Å². The van der Waals surface area contributed by atoms with Crippen LogP contribution in [-0.4, -0.2) is 48.2 Å². The van der Waals surface area contributed by atoms with Gasteiger partial charge in [-0.3, -0.25) is 15.0 Å². The van der Waals surface area contributed by atoms with E-state index < -0.39 is 30.1 Å². The number of imide groups is 1. The SMILES string of the molecule is CC(C(=O)NC(=O)NC1CCCC1)N1CCCC(C(F)(F)F)C1. The summed E-state index contributed by atoms with van der Waals surface area (Å²) < 4.78 is 38.5. The monoisotopic (exact) mass is 335 g/mol. The lowest BCUT2D eigenvalue weighted by molar-refractivity contribution is -0.188. The van der Waals surface area contributed by atoms with Crippen molar-refractivity contribution in [3.8, 4) is 0 Å². The Balaban J connectivity index is 1.82. The van der Waals surface area contributed by atoms with E-state index in [1.165, 1.54) is 11.8 Å². The van der Waals surface area contributed by atoms with Gasteiger partial charge in [-0.1, -0.05) is 12.8 Å². The van der Waals surface area contributed by atoms with E-state index in [4.69, 9.17) is 0 Å². The van der Waals surface area contributed by atoms with Crippen molar-refractivity contribution in [1.29, 1.82) is 0 Å². The van der Waals surface area contributed by atoms with Gasteiger partial charge in [0.05, 0.1) is 12.0 Å². The highest BCUT2D eigenvalue weighted by molar-refractivity contribution is 5.96. The normalized spacial score (nSPS) is 25.1. The number of rotatable bonds is 3. The Morgan fingerprint density at radius 1 is 1.13 bits per heavy atom. The summed E-state index contributed by atoms with van der Waals surface area (Å²) in [7, 11) is 0. The third kappa shape index (κ3) is 5.09. The lowest BCUT2D eigenvalue weighted by Gasteiger charge is -2.36. The highest BCUT2D eigenvalue weighted by atomic mass is 19.4. The first-order valence-corrected chi connectivity index (χ1v) is 8.19. The molecule has 132 valence electrons. The maximum absolute atomic E-state index is 12.8. The number of urea groups is 1. The number of halogens is 3. The molecule has 1 heterocycles. The smallest absolute Gasteiger partial charge is 0.335 e. The lowest BCUT2D eigenvalue weighted by atomic mass is 9.96. The van der Waals surface area contributed by atoms with Gasteiger partial charge < -0.3 is 5.32 Å². The molecule has 1 aliphatic heterocycles. The number of nitrogens with zero attached hydrogens (tertiary/aromatic N) is 1. The largest absolute Gasteiger partial charge is 0.393 e. The summed E-state index contributed by atoms with van der Waals surface area (Å²) in [6.45, 7) is 1.78. The van der Waals surface area contributed by atoms with Crippen LogP contribution < -0.4 is 10.6 Å². The first kappa shape index (κ1) is 18.0. The molecule has 0 aromatic heterocycles. The maximum atomic E-state index is 12.8. The Morgan fingerprint density at radius 3 is 2.39 bits per heavy atom. The fraction of sp³-hybridized carbons (Fsp3) is 0.867. The summed E-state index contributed by atoms with van der Waals surface area (Å²) in [6, 6.07) is -1.23. The van der Waals surface area contributed by atoms with Crippen molar-refractivity contribution < 1.29 is 22.8 Å². The van der Waals surface area contributed by atoms with Crippen molar-refractivity contribution in [2.24, 2.45) is 5.92 Å². The number of carbonyl (C=O) groups excluding carboxylic acids is 2. The summed E-state index contributed by atoms with van der Waals surface area (Å²) in [5.41, 5.74) is 0. The molecule has 1 saturated heterocycles. The Bertz CT molecular complexity index is 436. The molecule has 0 aromatic carbocycles. The molecular formula is C15H24F3N3O2. The number of hydrogen-bond acceptors (Lipinski definition) is 3. The second-order valence-corrected chi connectivity index (χ2v) is 6.50. The molecule has 3 amide bonds. The van der Waals surface area contributed by atoms with Gasteiger partial charge in [0, 0.05) is 12.6 Å². The predicted octanol–water partition coefficient (Wildman–Crippen LogP) is 2.42. The number of carbonyl (C=O) groups is 2. The summed E-state index contributed by atoms with van der Waals surface area (Å²) in [6.07, 6.45) is 0.165. The predicted molar refractivity (Wildman–Crippen MR) is 78.7 cm³/mol. The van der Waals surface area contributed by atoms with Crippen LogP contribution in [0.25, 0.3) is 0 Å². The molecule has 2 aliphatic rings. The zero-order chi connectivity index (χ0) is 17.0. The fourth-order valence-corrected chi connectivity index (χ4v) is 3.30. The number of alkyl halides is 3. The summed E-state index contributed by atoms with van der Waals surface area (Å²) >= 11 is 0. The second kappa shape index (κ2) is 7.51. The van der Waals surface area contributed by atoms with Gasteiger partial charge in [-0.05, 0) is 39.2 Å². The van der Waals surface area contributed by atoms with Crippen molar-refractivity contribution in [3.63, 3.8) is 0 Å². The first-order chi connectivity index (χ1) is 10.8. The zero-order valence-corrected chi connectivity index (χ0v) is 13.3. The zero-order valence-electron chi connectivity index (χ0n) is 13.3. The molecule has 2 fully saturated rings. The van der Waals surface area contributed by atoms with E-state index in [0.29, 0.717) is 13.0 Å². The Kier molecular flexibility index (Phi) is 5.89. The van der Waals surface area contributed by atoms with Crippen LogP contribution in [0.3, 0.4) is 0 Å². The Labute approximate surface area is 134 Å². The van der Waals surface area contributed by atoms with Crippen molar-refractivity contribution in [1.82, 2.24) is 15.5 Å². The molecule has 0 bridgehead atoms. The van der Waals surface area contributed by atoms with Crippen LogP contribution in [0.15, 0.2) is 0 Å². The van der Waals surface area contributed by atoms with Gasteiger partial charge >= 0.3 is 12.2 Å². The Morgan fingerprint density at radius 2 is 1.78 bits per heavy atom. The molecule has 1 saturated carbocycles. The van der Waals surface area contributed by atoms with Gasteiger partial charge in [-0.25, -0.2) is 4.79 Å². The van der Waals surface area contributed by atoms with E-state index in [1.807, 2.05) is 0 Å². The van der Waals surface area contributed by atoms with Crippen molar-refractivity contribution in [2.45, 2.75) is 63.7 Å². The molecular weight excluding hydrogens is 311 g/mol. The van der Waals surface area contributed by atoms with Crippen molar-refractivity contribution in [2.75, 3.05) is 13.1 Å². The molecule has 5 nitrogen and oxygen atoms in total. The number of amides is 3. The lowest BCUT2D eigenvalue weighted by Crippen LogP contribution is -2.54. The summed E-state index contributed by atoms with van der Waals surface area (Å²) in [5, 5.41) is 4.98. The van der Waals surface area contributed by atoms with E-state index in [9.17, 15) is 22.8 Å². The van der Waals surface area contributed by atoms with Gasteiger partial charge in [-0.2, -0.15) is 13.2 Å². The summed E-state index contributed by atoms with van der Waals surface area (Å²) in [4.78, 5) is 25.4. The third-order valence-electron chi connectivity index (χ3n) is 4.77. The molecule has 0 radical (unpaired) electrons. The van der Waals surface area contributed by atoms with Gasteiger partial charge in [0.15, 0.2) is 0 Å². The summed E-state index contributed by atoms with van der Waals surface area (Å²) in [5.74, 6) is -1.96. The van der Waals surface area contributed by atoms with Crippen molar-refractivity contribution in [3.05, 3.63) is 0 Å². The average molecular weight is 335 g/mol. The number of hydrogen-bond donors (Lipinski definition) is 2. The molecule has 2 N–H and O–H groups in total. The quantitative estimate of drug-likeness (QED) is 0.833. The highest BCUT2D eigenvalue weighted by Gasteiger charge is 2.43. The maximum Gasteiger partial charge on any atom is 0.393 e. The number of piperidine rings is 1. The van der Waals surface area contributed by atoms with Crippen LogP contribution >= 0.6 is 0 Å². The minimum absolute atomic E-state index is 0.0858. The second-order valence-electron chi connectivity index (χ2n) is 6.50. The fourth-order valence-electron chi connectivity index (χ4n) is 3.30. The number of nitrogens with one attached hydrogen (secondary N) is 2. The number of likely N-dealkylation sites (tertiary alicyclic amines) is 1. The molecule has 2 rings (SSSR count). The van der Waals surface area contributed by atoms with E-state index in [1.54, 1.807) is 0 Å². The van der Waals surface area contributed by atoms with Crippen LogP contribution in [0.5, 0.6) is 0 Å². The molecule has 8 heteroatoms. The minimum atomic E-state index is -4.24. The molecule has 23 heavy (non-hydrogen) atoms. The van der Waals surface area contributed by atoms with Gasteiger partial charge in [-0.15, -0.1) is 0 Å². The standard InChI is InChI=1S/C15H24F3N3O2/c1-10(21-8-4-5-11(9-21)15(16,17)18)13(22)20-14(23)19-12-6-2-3-7-12/h10-12H,2-9H2,1H3,(H2,19,20,22,23). The third-order valence-corrected chi connectivity index (χ3v) is 4.77. The van der Waals surface area contributed by atoms with Gasteiger partial charge in [0.25, 0.3) is 0 Å². The minimum Gasteiger partial charge on any atom is -0.335 e. The molecule has 0 aromatic rings. The van der Waals surface area contributed by atoms with Crippen LogP contribution in [-0.2, 0) is 4.79 Å². The van der Waals surface area contributed by atoms with Gasteiger partial charge in [0.1, 0.15) is 0 Å². The van der Waals surface area contributed by atoms with Crippen molar-refractivity contribution >= 4 is 11.9 Å². The highest BCUT2D eigenvalue weighted by Crippen LogP contribution is 2.33. The average Bonchev–Trinajstić information content (AvgIpc) is 2.98. The van der Waals surface area contributed by atoms with Gasteiger partial charge in [0.2, 0.25) is 5.91 Å². The van der Waals surface area contributed by atoms with Crippen LogP contribution in [0.2, 0.25) is 0 Å². The van der Waals surface area contributed by atoms with E-state index >= 15 is 0 Å².